The van der Waals surface area contributed by atoms with Gasteiger partial charge in [0, 0.05) is 6.54 Å². The summed E-state index contributed by atoms with van der Waals surface area (Å²) < 4.78 is 37.9. The van der Waals surface area contributed by atoms with E-state index in [4.69, 9.17) is 0 Å². The zero-order chi connectivity index (χ0) is 16.3. The van der Waals surface area contributed by atoms with Crippen molar-refractivity contribution in [1.29, 1.82) is 0 Å². The highest BCUT2D eigenvalue weighted by atomic mass is 19.4. The Balaban J connectivity index is 2.67. The molecule has 1 N–H and O–H groups in total. The van der Waals surface area contributed by atoms with Crippen LogP contribution in [-0.4, -0.2) is 41.9 Å². The summed E-state index contributed by atoms with van der Waals surface area (Å²) in [6.07, 6.45) is -1.44. The molecule has 126 valence electrons. The lowest BCUT2D eigenvalue weighted by molar-refractivity contribution is -0.149. The van der Waals surface area contributed by atoms with Gasteiger partial charge < -0.3 is 5.11 Å². The third-order valence-corrected chi connectivity index (χ3v) is 4.60. The van der Waals surface area contributed by atoms with Crippen molar-refractivity contribution in [2.45, 2.75) is 65.7 Å². The quantitative estimate of drug-likeness (QED) is 0.827. The first-order valence-electron chi connectivity index (χ1n) is 8.00. The van der Waals surface area contributed by atoms with Crippen LogP contribution < -0.4 is 0 Å². The molecule has 0 radical (unpaired) electrons. The van der Waals surface area contributed by atoms with Crippen LogP contribution in [-0.2, 0) is 0 Å². The second kappa shape index (κ2) is 7.32. The summed E-state index contributed by atoms with van der Waals surface area (Å²) in [7, 11) is 0. The fourth-order valence-electron chi connectivity index (χ4n) is 3.37. The topological polar surface area (TPSA) is 23.5 Å². The largest absolute Gasteiger partial charge is 0.401 e. The average molecular weight is 309 g/mol. The van der Waals surface area contributed by atoms with E-state index in [-0.39, 0.29) is 11.3 Å². The van der Waals surface area contributed by atoms with E-state index in [9.17, 15) is 18.3 Å². The molecule has 1 aliphatic rings. The standard InChI is InChI=1S/C16H30F3NO/c1-5-8-20(11-16(17,18)19)10-12-9-13(15(2,3)4)6-7-14(12)21/h12-14,21H,5-11H2,1-4H3. The van der Waals surface area contributed by atoms with Gasteiger partial charge in [0.1, 0.15) is 0 Å². The molecule has 1 rings (SSSR count). The van der Waals surface area contributed by atoms with Crippen molar-refractivity contribution in [3.63, 3.8) is 0 Å². The Morgan fingerprint density at radius 2 is 1.76 bits per heavy atom. The zero-order valence-corrected chi connectivity index (χ0v) is 13.7. The molecule has 0 amide bonds. The molecule has 3 unspecified atom stereocenters. The number of halogens is 3. The maximum absolute atomic E-state index is 12.6. The molecule has 1 aliphatic carbocycles. The smallest absolute Gasteiger partial charge is 0.393 e. The van der Waals surface area contributed by atoms with Crippen molar-refractivity contribution < 1.29 is 18.3 Å². The molecule has 5 heteroatoms. The second-order valence-corrected chi connectivity index (χ2v) is 7.55. The van der Waals surface area contributed by atoms with Gasteiger partial charge in [0.25, 0.3) is 0 Å². The van der Waals surface area contributed by atoms with Crippen LogP contribution in [0.3, 0.4) is 0 Å². The van der Waals surface area contributed by atoms with Gasteiger partial charge in [-0.3, -0.25) is 4.90 Å². The minimum Gasteiger partial charge on any atom is -0.393 e. The van der Waals surface area contributed by atoms with E-state index in [2.05, 4.69) is 20.8 Å². The van der Waals surface area contributed by atoms with Crippen LogP contribution >= 0.6 is 0 Å². The Labute approximate surface area is 126 Å². The number of alkyl halides is 3. The van der Waals surface area contributed by atoms with E-state index in [1.165, 1.54) is 4.90 Å². The van der Waals surface area contributed by atoms with E-state index in [0.29, 0.717) is 31.8 Å². The van der Waals surface area contributed by atoms with Crippen molar-refractivity contribution in [2.24, 2.45) is 17.3 Å². The minimum absolute atomic E-state index is 0.0446. The minimum atomic E-state index is -4.17. The molecule has 0 aromatic rings. The van der Waals surface area contributed by atoms with Crippen molar-refractivity contribution in [3.8, 4) is 0 Å². The summed E-state index contributed by atoms with van der Waals surface area (Å²) in [6, 6.07) is 0. The van der Waals surface area contributed by atoms with Crippen molar-refractivity contribution in [3.05, 3.63) is 0 Å². The monoisotopic (exact) mass is 309 g/mol. The van der Waals surface area contributed by atoms with Gasteiger partial charge in [0.2, 0.25) is 0 Å². The Kier molecular flexibility index (Phi) is 6.54. The van der Waals surface area contributed by atoms with Crippen LogP contribution in [0, 0.1) is 17.3 Å². The molecule has 0 heterocycles. The van der Waals surface area contributed by atoms with Crippen LogP contribution in [0.2, 0.25) is 0 Å². The summed E-state index contributed by atoms with van der Waals surface area (Å²) in [5, 5.41) is 10.2. The fourth-order valence-corrected chi connectivity index (χ4v) is 3.37. The molecule has 1 saturated carbocycles. The average Bonchev–Trinajstić information content (AvgIpc) is 2.28. The third-order valence-electron chi connectivity index (χ3n) is 4.60. The fraction of sp³-hybridized carbons (Fsp3) is 1.00. The van der Waals surface area contributed by atoms with E-state index in [1.807, 2.05) is 6.92 Å². The number of rotatable bonds is 5. The predicted molar refractivity (Wildman–Crippen MR) is 79.1 cm³/mol. The SMILES string of the molecule is CCCN(CC1CC(C(C)(C)C)CCC1O)CC(F)(F)F. The number of aliphatic hydroxyl groups excluding tert-OH is 1. The van der Waals surface area contributed by atoms with Gasteiger partial charge in [-0.15, -0.1) is 0 Å². The maximum Gasteiger partial charge on any atom is 0.401 e. The Bertz CT molecular complexity index is 312. The van der Waals surface area contributed by atoms with E-state index in [0.717, 1.165) is 12.8 Å². The van der Waals surface area contributed by atoms with E-state index < -0.39 is 18.8 Å². The molecular formula is C16H30F3NO. The first-order chi connectivity index (χ1) is 9.53. The molecule has 0 aromatic heterocycles. The molecule has 0 aliphatic heterocycles. The van der Waals surface area contributed by atoms with Gasteiger partial charge in [-0.25, -0.2) is 0 Å². The lowest BCUT2D eigenvalue weighted by Gasteiger charge is -2.41. The van der Waals surface area contributed by atoms with Gasteiger partial charge in [-0.05, 0) is 49.5 Å². The molecule has 0 aromatic carbocycles. The van der Waals surface area contributed by atoms with Gasteiger partial charge in [0.05, 0.1) is 12.6 Å². The number of hydrogen-bond acceptors (Lipinski definition) is 2. The second-order valence-electron chi connectivity index (χ2n) is 7.55. The molecule has 21 heavy (non-hydrogen) atoms. The Hall–Kier alpha value is -0.290. The number of aliphatic hydroxyl groups is 1. The van der Waals surface area contributed by atoms with Crippen LogP contribution in [0.15, 0.2) is 0 Å². The van der Waals surface area contributed by atoms with Crippen LogP contribution in [0.4, 0.5) is 13.2 Å². The predicted octanol–water partition coefficient (Wildman–Crippen LogP) is 4.08. The van der Waals surface area contributed by atoms with Crippen molar-refractivity contribution in [2.75, 3.05) is 19.6 Å². The summed E-state index contributed by atoms with van der Waals surface area (Å²) in [4.78, 5) is 1.46. The lowest BCUT2D eigenvalue weighted by Crippen LogP contribution is -2.44. The van der Waals surface area contributed by atoms with Gasteiger partial charge >= 0.3 is 6.18 Å². The highest BCUT2D eigenvalue weighted by molar-refractivity contribution is 4.87. The molecule has 0 bridgehead atoms. The summed E-state index contributed by atoms with van der Waals surface area (Å²) >= 11 is 0. The third kappa shape index (κ3) is 6.55. The van der Waals surface area contributed by atoms with Gasteiger partial charge in [-0.1, -0.05) is 27.7 Å². The zero-order valence-electron chi connectivity index (χ0n) is 13.7. The van der Waals surface area contributed by atoms with E-state index >= 15 is 0 Å². The summed E-state index contributed by atoms with van der Waals surface area (Å²) in [5.41, 5.74) is 0.151. The summed E-state index contributed by atoms with van der Waals surface area (Å²) in [6.45, 7) is 8.32. The first kappa shape index (κ1) is 18.8. The normalized spacial score (nSPS) is 28.1. The molecule has 0 spiro atoms. The van der Waals surface area contributed by atoms with E-state index in [1.54, 1.807) is 0 Å². The number of hydrogen-bond donors (Lipinski definition) is 1. The van der Waals surface area contributed by atoms with Crippen molar-refractivity contribution >= 4 is 0 Å². The number of nitrogens with zero attached hydrogens (tertiary/aromatic N) is 1. The molecule has 1 fully saturated rings. The lowest BCUT2D eigenvalue weighted by atomic mass is 9.68. The van der Waals surface area contributed by atoms with Gasteiger partial charge in [0.15, 0.2) is 0 Å². The van der Waals surface area contributed by atoms with Crippen LogP contribution in [0.25, 0.3) is 0 Å². The van der Waals surface area contributed by atoms with Crippen LogP contribution in [0.1, 0.15) is 53.4 Å². The molecule has 3 atom stereocenters. The van der Waals surface area contributed by atoms with Gasteiger partial charge in [-0.2, -0.15) is 13.2 Å². The molecule has 2 nitrogen and oxygen atoms in total. The molecular weight excluding hydrogens is 279 g/mol. The van der Waals surface area contributed by atoms with Crippen molar-refractivity contribution in [1.82, 2.24) is 4.90 Å². The summed E-state index contributed by atoms with van der Waals surface area (Å²) in [5.74, 6) is 0.428. The Morgan fingerprint density at radius 1 is 1.14 bits per heavy atom. The maximum atomic E-state index is 12.6. The Morgan fingerprint density at radius 3 is 2.24 bits per heavy atom. The highest BCUT2D eigenvalue weighted by Crippen LogP contribution is 2.40. The highest BCUT2D eigenvalue weighted by Gasteiger charge is 2.37. The first-order valence-corrected chi connectivity index (χ1v) is 8.00. The molecule has 0 saturated heterocycles. The van der Waals surface area contributed by atoms with Crippen LogP contribution in [0.5, 0.6) is 0 Å².